The van der Waals surface area contributed by atoms with E-state index in [0.29, 0.717) is 22.8 Å². The first kappa shape index (κ1) is 18.2. The van der Waals surface area contributed by atoms with Crippen LogP contribution in [-0.2, 0) is 12.8 Å². The Kier molecular flexibility index (Phi) is 5.08. The molecule has 28 heavy (non-hydrogen) atoms. The van der Waals surface area contributed by atoms with Crippen LogP contribution < -0.4 is 5.32 Å². The molecule has 0 aliphatic rings. The van der Waals surface area contributed by atoms with Gasteiger partial charge in [-0.2, -0.15) is 0 Å². The van der Waals surface area contributed by atoms with Gasteiger partial charge in [0.25, 0.3) is 5.91 Å². The van der Waals surface area contributed by atoms with Gasteiger partial charge in [-0.25, -0.2) is 4.98 Å². The van der Waals surface area contributed by atoms with Crippen LogP contribution >= 0.6 is 11.6 Å². The largest absolute Gasteiger partial charge is 0.321 e. The van der Waals surface area contributed by atoms with E-state index in [1.807, 2.05) is 49.4 Å². The second kappa shape index (κ2) is 7.82. The number of anilines is 1. The molecule has 0 aliphatic carbocycles. The van der Waals surface area contributed by atoms with Gasteiger partial charge >= 0.3 is 0 Å². The molecule has 0 saturated carbocycles. The molecule has 1 aromatic carbocycles. The molecule has 0 unspecified atom stereocenters. The highest BCUT2D eigenvalue weighted by molar-refractivity contribution is 6.30. The Morgan fingerprint density at radius 1 is 1.04 bits per heavy atom. The van der Waals surface area contributed by atoms with Gasteiger partial charge in [0.2, 0.25) is 0 Å². The summed E-state index contributed by atoms with van der Waals surface area (Å²) in [5.74, 6) is -0.200. The maximum atomic E-state index is 12.9. The van der Waals surface area contributed by atoms with Gasteiger partial charge in [-0.15, -0.1) is 0 Å². The minimum absolute atomic E-state index is 0.200. The van der Waals surface area contributed by atoms with Crippen molar-refractivity contribution in [3.8, 4) is 0 Å². The molecule has 0 radical (unpaired) electrons. The van der Waals surface area contributed by atoms with Crippen LogP contribution in [0.1, 0.15) is 34.2 Å². The fourth-order valence-corrected chi connectivity index (χ4v) is 3.35. The van der Waals surface area contributed by atoms with Crippen LogP contribution in [0.25, 0.3) is 5.65 Å². The number of benzene rings is 1. The van der Waals surface area contributed by atoms with Crippen LogP contribution in [0.5, 0.6) is 0 Å². The Morgan fingerprint density at radius 2 is 1.75 bits per heavy atom. The van der Waals surface area contributed by atoms with Gasteiger partial charge in [0, 0.05) is 24.3 Å². The van der Waals surface area contributed by atoms with Crippen LogP contribution in [0.2, 0.25) is 5.02 Å². The molecule has 1 N–H and O–H groups in total. The Bertz CT molecular complexity index is 1120. The van der Waals surface area contributed by atoms with Crippen LogP contribution in [0, 0.1) is 0 Å². The van der Waals surface area contributed by atoms with E-state index in [2.05, 4.69) is 15.3 Å². The third-order valence-corrected chi connectivity index (χ3v) is 4.80. The van der Waals surface area contributed by atoms with Crippen molar-refractivity contribution in [2.24, 2.45) is 0 Å². The van der Waals surface area contributed by atoms with Gasteiger partial charge in [0.05, 0.1) is 10.7 Å². The summed E-state index contributed by atoms with van der Waals surface area (Å²) < 4.78 is 1.74. The van der Waals surface area contributed by atoms with Crippen molar-refractivity contribution in [2.45, 2.75) is 19.8 Å². The Morgan fingerprint density at radius 3 is 2.46 bits per heavy atom. The van der Waals surface area contributed by atoms with Crippen molar-refractivity contribution in [2.75, 3.05) is 5.32 Å². The number of imidazole rings is 1. The molecule has 4 rings (SSSR count). The fraction of sp³-hybridized carbons (Fsp3) is 0.136. The third kappa shape index (κ3) is 3.75. The van der Waals surface area contributed by atoms with E-state index in [1.54, 1.807) is 29.1 Å². The predicted molar refractivity (Wildman–Crippen MR) is 111 cm³/mol. The Hall–Kier alpha value is -3.18. The summed E-state index contributed by atoms with van der Waals surface area (Å²) in [5.41, 5.74) is 5.07. The predicted octanol–water partition coefficient (Wildman–Crippen LogP) is 4.79. The maximum Gasteiger partial charge on any atom is 0.274 e. The molecule has 0 bridgehead atoms. The molecule has 140 valence electrons. The van der Waals surface area contributed by atoms with Crippen molar-refractivity contribution >= 4 is 28.8 Å². The van der Waals surface area contributed by atoms with E-state index in [1.165, 1.54) is 11.1 Å². The van der Waals surface area contributed by atoms with Gasteiger partial charge in [-0.1, -0.05) is 30.7 Å². The summed E-state index contributed by atoms with van der Waals surface area (Å²) >= 11 is 6.11. The normalized spacial score (nSPS) is 10.9. The lowest BCUT2D eigenvalue weighted by molar-refractivity contribution is 0.102. The minimum atomic E-state index is -0.200. The SMILES string of the molecule is CCc1nc2ccc(Cl)cn2c1C(=O)Nc1ccc(Cc2ccncc2)cc1. The van der Waals surface area contributed by atoms with E-state index in [0.717, 1.165) is 17.8 Å². The second-order valence-corrected chi connectivity index (χ2v) is 6.96. The molecular weight excluding hydrogens is 372 g/mol. The summed E-state index contributed by atoms with van der Waals surface area (Å²) in [7, 11) is 0. The lowest BCUT2D eigenvalue weighted by atomic mass is 10.1. The summed E-state index contributed by atoms with van der Waals surface area (Å²) in [6.07, 6.45) is 6.78. The maximum absolute atomic E-state index is 12.9. The molecule has 0 atom stereocenters. The number of pyridine rings is 2. The number of nitrogens with zero attached hydrogens (tertiary/aromatic N) is 3. The Balaban J connectivity index is 1.55. The molecular formula is C22H19ClN4O. The van der Waals surface area contributed by atoms with Crippen molar-refractivity contribution < 1.29 is 4.79 Å². The number of fused-ring (bicyclic) bond motifs is 1. The smallest absolute Gasteiger partial charge is 0.274 e. The van der Waals surface area contributed by atoms with Gasteiger partial charge < -0.3 is 5.32 Å². The van der Waals surface area contributed by atoms with Crippen LogP contribution in [-0.4, -0.2) is 20.3 Å². The molecule has 0 fully saturated rings. The number of carbonyl (C=O) groups excluding carboxylic acids is 1. The van der Waals surface area contributed by atoms with Crippen molar-refractivity contribution in [3.63, 3.8) is 0 Å². The van der Waals surface area contributed by atoms with Gasteiger partial charge in [-0.05, 0) is 60.4 Å². The van der Waals surface area contributed by atoms with Crippen molar-refractivity contribution in [1.29, 1.82) is 0 Å². The number of aromatic nitrogens is 3. The first-order valence-corrected chi connectivity index (χ1v) is 9.47. The molecule has 4 aromatic rings. The standard InChI is InChI=1S/C22H19ClN4O/c1-2-19-21(27-14-17(23)5-8-20(27)26-19)22(28)25-18-6-3-15(4-7-18)13-16-9-11-24-12-10-16/h3-12,14H,2,13H2,1H3,(H,25,28). The molecule has 0 saturated heterocycles. The van der Waals surface area contributed by atoms with Crippen LogP contribution in [0.3, 0.4) is 0 Å². The van der Waals surface area contributed by atoms with Gasteiger partial charge in [0.15, 0.2) is 0 Å². The van der Waals surface area contributed by atoms with E-state index in [4.69, 9.17) is 11.6 Å². The molecule has 6 heteroatoms. The average Bonchev–Trinajstić information content (AvgIpc) is 3.08. The lowest BCUT2D eigenvalue weighted by Gasteiger charge is -2.08. The highest BCUT2D eigenvalue weighted by atomic mass is 35.5. The molecule has 0 aliphatic heterocycles. The number of hydrogen-bond acceptors (Lipinski definition) is 3. The quantitative estimate of drug-likeness (QED) is 0.533. The highest BCUT2D eigenvalue weighted by Crippen LogP contribution is 2.20. The number of rotatable bonds is 5. The van der Waals surface area contributed by atoms with E-state index >= 15 is 0 Å². The van der Waals surface area contributed by atoms with Gasteiger partial charge in [-0.3, -0.25) is 14.2 Å². The third-order valence-electron chi connectivity index (χ3n) is 4.57. The molecule has 3 aromatic heterocycles. The van der Waals surface area contributed by atoms with Crippen LogP contribution in [0.4, 0.5) is 5.69 Å². The first-order valence-electron chi connectivity index (χ1n) is 9.09. The van der Waals surface area contributed by atoms with E-state index in [-0.39, 0.29) is 5.91 Å². The number of carbonyl (C=O) groups is 1. The average molecular weight is 391 g/mol. The fourth-order valence-electron chi connectivity index (χ4n) is 3.19. The molecule has 0 spiro atoms. The highest BCUT2D eigenvalue weighted by Gasteiger charge is 2.18. The van der Waals surface area contributed by atoms with Crippen molar-refractivity contribution in [3.05, 3.63) is 94.7 Å². The Labute approximate surface area is 168 Å². The summed E-state index contributed by atoms with van der Waals surface area (Å²) in [6.45, 7) is 1.98. The second-order valence-electron chi connectivity index (χ2n) is 6.52. The number of amides is 1. The first-order chi connectivity index (χ1) is 13.6. The zero-order chi connectivity index (χ0) is 19.5. The monoisotopic (exact) mass is 390 g/mol. The minimum Gasteiger partial charge on any atom is -0.321 e. The van der Waals surface area contributed by atoms with E-state index < -0.39 is 0 Å². The van der Waals surface area contributed by atoms with E-state index in [9.17, 15) is 4.79 Å². The zero-order valence-electron chi connectivity index (χ0n) is 15.4. The number of halogens is 1. The molecule has 1 amide bonds. The van der Waals surface area contributed by atoms with Gasteiger partial charge in [0.1, 0.15) is 11.3 Å². The number of nitrogens with one attached hydrogen (secondary N) is 1. The summed E-state index contributed by atoms with van der Waals surface area (Å²) in [6, 6.07) is 15.4. The molecule has 5 nitrogen and oxygen atoms in total. The van der Waals surface area contributed by atoms with Crippen LogP contribution in [0.15, 0.2) is 67.1 Å². The summed E-state index contributed by atoms with van der Waals surface area (Å²) in [4.78, 5) is 21.5. The van der Waals surface area contributed by atoms with Crippen molar-refractivity contribution in [1.82, 2.24) is 14.4 Å². The number of aryl methyl sites for hydroxylation is 1. The zero-order valence-corrected chi connectivity index (χ0v) is 16.1. The summed E-state index contributed by atoms with van der Waals surface area (Å²) in [5, 5.41) is 3.53. The lowest BCUT2D eigenvalue weighted by Crippen LogP contribution is -2.16. The number of hydrogen-bond donors (Lipinski definition) is 1. The topological polar surface area (TPSA) is 59.3 Å². The molecule has 3 heterocycles.